The van der Waals surface area contributed by atoms with Gasteiger partial charge >= 0.3 is 0 Å². The van der Waals surface area contributed by atoms with Gasteiger partial charge in [-0.2, -0.15) is 0 Å². The van der Waals surface area contributed by atoms with Gasteiger partial charge in [0.25, 0.3) is 0 Å². The average molecular weight is 406 g/mol. The molecule has 1 aliphatic carbocycles. The standard InChI is InChI=1S/C27H51NO/c1-5-9-11-15-23(14-10-6-2)20-24-21-27(22-24)16-18-28(19-17-27)26(29)25(12-7-3)13-8-4/h23-25H,5-22H2,1-4H3. The third-order valence-corrected chi connectivity index (χ3v) is 8.05. The average Bonchev–Trinajstić information content (AvgIpc) is 2.70. The summed E-state index contributed by atoms with van der Waals surface area (Å²) < 4.78 is 0. The van der Waals surface area contributed by atoms with Crippen LogP contribution >= 0.6 is 0 Å². The minimum absolute atomic E-state index is 0.288. The number of amides is 1. The Balaban J connectivity index is 1.74. The number of hydrogen-bond acceptors (Lipinski definition) is 1. The van der Waals surface area contributed by atoms with Crippen molar-refractivity contribution in [3.8, 4) is 0 Å². The van der Waals surface area contributed by atoms with E-state index in [-0.39, 0.29) is 5.92 Å². The van der Waals surface area contributed by atoms with E-state index >= 15 is 0 Å². The first-order chi connectivity index (χ1) is 14.1. The molecule has 170 valence electrons. The Morgan fingerprint density at radius 3 is 1.97 bits per heavy atom. The lowest BCUT2D eigenvalue weighted by Gasteiger charge is -2.53. The molecule has 1 spiro atoms. The predicted octanol–water partition coefficient (Wildman–Crippen LogP) is 8.00. The number of piperidine rings is 1. The molecule has 1 atom stereocenters. The highest BCUT2D eigenvalue weighted by molar-refractivity contribution is 5.78. The van der Waals surface area contributed by atoms with E-state index in [1.165, 1.54) is 77.0 Å². The molecule has 0 aromatic rings. The summed E-state index contributed by atoms with van der Waals surface area (Å²) in [6.45, 7) is 11.1. The van der Waals surface area contributed by atoms with Gasteiger partial charge < -0.3 is 4.90 Å². The summed E-state index contributed by atoms with van der Waals surface area (Å²) in [5.74, 6) is 2.72. The van der Waals surface area contributed by atoms with E-state index in [1.54, 1.807) is 0 Å². The molecule has 2 fully saturated rings. The predicted molar refractivity (Wildman–Crippen MR) is 126 cm³/mol. The normalized spacial score (nSPS) is 20.2. The minimum atomic E-state index is 0.288. The maximum atomic E-state index is 13.0. The van der Waals surface area contributed by atoms with Crippen molar-refractivity contribution in [2.45, 2.75) is 130 Å². The van der Waals surface area contributed by atoms with Crippen LogP contribution in [0.1, 0.15) is 130 Å². The quantitative estimate of drug-likeness (QED) is 0.268. The van der Waals surface area contributed by atoms with Crippen LogP contribution in [0.25, 0.3) is 0 Å². The van der Waals surface area contributed by atoms with Crippen LogP contribution in [0.4, 0.5) is 0 Å². The zero-order valence-electron chi connectivity index (χ0n) is 20.3. The van der Waals surface area contributed by atoms with Crippen molar-refractivity contribution in [3.05, 3.63) is 0 Å². The van der Waals surface area contributed by atoms with Crippen molar-refractivity contribution in [1.29, 1.82) is 0 Å². The fourth-order valence-corrected chi connectivity index (χ4v) is 6.31. The minimum Gasteiger partial charge on any atom is -0.342 e. The molecule has 2 nitrogen and oxygen atoms in total. The molecule has 2 rings (SSSR count). The van der Waals surface area contributed by atoms with Crippen LogP contribution in [0.15, 0.2) is 0 Å². The van der Waals surface area contributed by atoms with Crippen molar-refractivity contribution in [1.82, 2.24) is 4.90 Å². The second-order valence-corrected chi connectivity index (χ2v) is 10.6. The Kier molecular flexibility index (Phi) is 11.1. The summed E-state index contributed by atoms with van der Waals surface area (Å²) in [4.78, 5) is 15.2. The summed E-state index contributed by atoms with van der Waals surface area (Å²) >= 11 is 0. The van der Waals surface area contributed by atoms with Crippen LogP contribution in [0, 0.1) is 23.2 Å². The number of rotatable bonds is 14. The van der Waals surface area contributed by atoms with Crippen LogP contribution in [0.3, 0.4) is 0 Å². The first kappa shape index (κ1) is 24.7. The lowest BCUT2D eigenvalue weighted by Crippen LogP contribution is -2.50. The highest BCUT2D eigenvalue weighted by Crippen LogP contribution is 2.55. The molecule has 1 saturated carbocycles. The van der Waals surface area contributed by atoms with Crippen molar-refractivity contribution >= 4 is 5.91 Å². The lowest BCUT2D eigenvalue weighted by molar-refractivity contribution is -0.140. The fourth-order valence-electron chi connectivity index (χ4n) is 6.31. The molecule has 29 heavy (non-hydrogen) atoms. The van der Waals surface area contributed by atoms with Crippen molar-refractivity contribution in [2.75, 3.05) is 13.1 Å². The van der Waals surface area contributed by atoms with Gasteiger partial charge in [-0.1, -0.05) is 85.5 Å². The largest absolute Gasteiger partial charge is 0.342 e. The van der Waals surface area contributed by atoms with E-state index < -0.39 is 0 Å². The molecule has 1 amide bonds. The Morgan fingerprint density at radius 2 is 1.41 bits per heavy atom. The molecule has 0 N–H and O–H groups in total. The molecular formula is C27H51NO. The van der Waals surface area contributed by atoms with E-state index in [2.05, 4.69) is 32.6 Å². The summed E-state index contributed by atoms with van der Waals surface area (Å²) in [6.07, 6.45) is 21.3. The van der Waals surface area contributed by atoms with Gasteiger partial charge in [0, 0.05) is 19.0 Å². The summed E-state index contributed by atoms with van der Waals surface area (Å²) in [6, 6.07) is 0. The maximum absolute atomic E-state index is 13.0. The number of nitrogens with zero attached hydrogens (tertiary/aromatic N) is 1. The Hall–Kier alpha value is -0.530. The molecule has 1 heterocycles. The first-order valence-electron chi connectivity index (χ1n) is 13.4. The smallest absolute Gasteiger partial charge is 0.225 e. The lowest BCUT2D eigenvalue weighted by atomic mass is 9.55. The second kappa shape index (κ2) is 13.0. The van der Waals surface area contributed by atoms with Crippen LogP contribution in [0.2, 0.25) is 0 Å². The van der Waals surface area contributed by atoms with Crippen molar-refractivity contribution in [3.63, 3.8) is 0 Å². The third kappa shape index (κ3) is 7.59. The zero-order valence-corrected chi connectivity index (χ0v) is 20.3. The van der Waals surface area contributed by atoms with Crippen LogP contribution in [-0.2, 0) is 4.79 Å². The number of likely N-dealkylation sites (tertiary alicyclic amines) is 1. The molecule has 0 bridgehead atoms. The van der Waals surface area contributed by atoms with Crippen molar-refractivity contribution in [2.24, 2.45) is 23.2 Å². The van der Waals surface area contributed by atoms with Crippen LogP contribution in [-0.4, -0.2) is 23.9 Å². The van der Waals surface area contributed by atoms with Gasteiger partial charge in [-0.05, 0) is 62.2 Å². The topological polar surface area (TPSA) is 20.3 Å². The first-order valence-corrected chi connectivity index (χ1v) is 13.4. The molecule has 0 aromatic heterocycles. The Morgan fingerprint density at radius 1 is 0.828 bits per heavy atom. The van der Waals surface area contributed by atoms with Gasteiger partial charge in [-0.3, -0.25) is 4.79 Å². The maximum Gasteiger partial charge on any atom is 0.225 e. The molecule has 1 unspecified atom stereocenters. The van der Waals surface area contributed by atoms with Gasteiger partial charge in [0.2, 0.25) is 5.91 Å². The van der Waals surface area contributed by atoms with Crippen LogP contribution in [0.5, 0.6) is 0 Å². The van der Waals surface area contributed by atoms with E-state index in [0.29, 0.717) is 11.3 Å². The highest BCUT2D eigenvalue weighted by Gasteiger charge is 2.46. The molecule has 2 heteroatoms. The van der Waals surface area contributed by atoms with E-state index in [9.17, 15) is 4.79 Å². The summed E-state index contributed by atoms with van der Waals surface area (Å²) in [5.41, 5.74) is 0.602. The highest BCUT2D eigenvalue weighted by atomic mass is 16.2. The molecule has 1 aliphatic heterocycles. The van der Waals surface area contributed by atoms with Gasteiger partial charge in [-0.15, -0.1) is 0 Å². The van der Waals surface area contributed by atoms with Crippen LogP contribution < -0.4 is 0 Å². The molecule has 0 aromatic carbocycles. The second-order valence-electron chi connectivity index (χ2n) is 10.6. The Labute approximate surface area is 182 Å². The van der Waals surface area contributed by atoms with E-state index in [0.717, 1.165) is 50.6 Å². The SMILES string of the molecule is CCCCCC(CCCC)CC1CC2(CCN(C(=O)C(CCC)CCC)CC2)C1. The Bertz CT molecular complexity index is 437. The van der Waals surface area contributed by atoms with Gasteiger partial charge in [0.1, 0.15) is 0 Å². The molecule has 2 aliphatic rings. The van der Waals surface area contributed by atoms with Gasteiger partial charge in [-0.25, -0.2) is 0 Å². The molecular weight excluding hydrogens is 354 g/mol. The van der Waals surface area contributed by atoms with Crippen molar-refractivity contribution < 1.29 is 4.79 Å². The van der Waals surface area contributed by atoms with E-state index in [4.69, 9.17) is 0 Å². The number of carbonyl (C=O) groups excluding carboxylic acids is 1. The number of unbranched alkanes of at least 4 members (excludes halogenated alkanes) is 3. The summed E-state index contributed by atoms with van der Waals surface area (Å²) in [5, 5.41) is 0. The fraction of sp³-hybridized carbons (Fsp3) is 0.963. The zero-order chi connectivity index (χ0) is 21.1. The van der Waals surface area contributed by atoms with Gasteiger partial charge in [0.15, 0.2) is 0 Å². The third-order valence-electron chi connectivity index (χ3n) is 8.05. The molecule has 1 saturated heterocycles. The summed E-state index contributed by atoms with van der Waals surface area (Å²) in [7, 11) is 0. The molecule has 0 radical (unpaired) electrons. The van der Waals surface area contributed by atoms with Gasteiger partial charge in [0.05, 0.1) is 0 Å². The number of hydrogen-bond donors (Lipinski definition) is 0. The van der Waals surface area contributed by atoms with E-state index in [1.807, 2.05) is 0 Å². The monoisotopic (exact) mass is 405 g/mol. The number of carbonyl (C=O) groups is 1.